The van der Waals surface area contributed by atoms with Gasteiger partial charge in [0.15, 0.2) is 0 Å². The summed E-state index contributed by atoms with van der Waals surface area (Å²) in [6, 6.07) is 0. The van der Waals surface area contributed by atoms with E-state index in [-0.39, 0.29) is 12.0 Å². The Kier molecular flexibility index (Phi) is 7.78. The van der Waals surface area contributed by atoms with E-state index in [1.807, 2.05) is 27.8 Å². The Morgan fingerprint density at radius 2 is 1.87 bits per heavy atom. The molecule has 134 valence electrons. The first-order valence-corrected chi connectivity index (χ1v) is 8.37. The van der Waals surface area contributed by atoms with E-state index in [2.05, 4.69) is 4.90 Å². The highest BCUT2D eigenvalue weighted by molar-refractivity contribution is 5.78. The van der Waals surface area contributed by atoms with Crippen molar-refractivity contribution in [1.29, 1.82) is 0 Å². The van der Waals surface area contributed by atoms with E-state index in [0.717, 1.165) is 19.4 Å². The van der Waals surface area contributed by atoms with Crippen molar-refractivity contribution in [2.75, 3.05) is 52.9 Å². The molecule has 1 aliphatic heterocycles. The minimum atomic E-state index is -0.481. The molecule has 1 fully saturated rings. The van der Waals surface area contributed by atoms with Crippen LogP contribution in [0.2, 0.25) is 0 Å². The third-order valence-electron chi connectivity index (χ3n) is 3.72. The van der Waals surface area contributed by atoms with E-state index in [4.69, 9.17) is 10.5 Å². The summed E-state index contributed by atoms with van der Waals surface area (Å²) in [5.41, 5.74) is 4.99. The molecule has 0 radical (unpaired) electrons. The monoisotopic (exact) mass is 328 g/mol. The lowest BCUT2D eigenvalue weighted by Gasteiger charge is -2.26. The third kappa shape index (κ3) is 7.65. The highest BCUT2D eigenvalue weighted by Crippen LogP contribution is 2.12. The summed E-state index contributed by atoms with van der Waals surface area (Å²) in [7, 11) is 1.81. The van der Waals surface area contributed by atoms with E-state index < -0.39 is 5.60 Å². The minimum absolute atomic E-state index is 0.101. The van der Waals surface area contributed by atoms with Gasteiger partial charge in [-0.3, -0.25) is 9.69 Å². The van der Waals surface area contributed by atoms with E-state index in [9.17, 15) is 9.59 Å². The summed E-state index contributed by atoms with van der Waals surface area (Å²) >= 11 is 0. The van der Waals surface area contributed by atoms with Gasteiger partial charge in [0.05, 0.1) is 6.54 Å². The van der Waals surface area contributed by atoms with Crippen molar-refractivity contribution in [2.24, 2.45) is 5.73 Å². The summed E-state index contributed by atoms with van der Waals surface area (Å²) in [6.07, 6.45) is 1.39. The Labute approximate surface area is 139 Å². The number of ether oxygens (including phenoxy) is 1. The first-order chi connectivity index (χ1) is 10.7. The van der Waals surface area contributed by atoms with Crippen LogP contribution in [0, 0.1) is 0 Å². The lowest BCUT2D eigenvalue weighted by Crippen LogP contribution is -2.42. The molecule has 1 heterocycles. The fraction of sp³-hybridized carbons (Fsp3) is 0.875. The number of carbonyl (C=O) groups is 2. The molecule has 7 nitrogen and oxygen atoms in total. The fourth-order valence-electron chi connectivity index (χ4n) is 2.40. The van der Waals surface area contributed by atoms with Gasteiger partial charge in [0.25, 0.3) is 0 Å². The van der Waals surface area contributed by atoms with Crippen molar-refractivity contribution >= 4 is 12.0 Å². The van der Waals surface area contributed by atoms with Gasteiger partial charge in [-0.2, -0.15) is 0 Å². The molecule has 1 rings (SSSR count). The number of nitrogens with two attached hydrogens (primary N) is 1. The van der Waals surface area contributed by atoms with Gasteiger partial charge in [0.2, 0.25) is 5.91 Å². The van der Waals surface area contributed by atoms with Crippen LogP contribution in [0.1, 0.15) is 33.6 Å². The second-order valence-electron chi connectivity index (χ2n) is 7.05. The van der Waals surface area contributed by atoms with Gasteiger partial charge < -0.3 is 20.3 Å². The van der Waals surface area contributed by atoms with Gasteiger partial charge in [0.1, 0.15) is 5.60 Å². The molecule has 7 heteroatoms. The summed E-state index contributed by atoms with van der Waals surface area (Å²) in [5, 5.41) is 0. The van der Waals surface area contributed by atoms with Gasteiger partial charge in [0, 0.05) is 39.8 Å². The lowest BCUT2D eigenvalue weighted by atomic mass is 10.2. The summed E-state index contributed by atoms with van der Waals surface area (Å²) < 4.78 is 5.41. The molecule has 1 saturated heterocycles. The van der Waals surface area contributed by atoms with Crippen LogP contribution in [-0.4, -0.2) is 85.2 Å². The van der Waals surface area contributed by atoms with Crippen LogP contribution in [0.5, 0.6) is 0 Å². The van der Waals surface area contributed by atoms with Gasteiger partial charge in [-0.1, -0.05) is 0 Å². The van der Waals surface area contributed by atoms with Gasteiger partial charge in [-0.25, -0.2) is 4.79 Å². The fourth-order valence-corrected chi connectivity index (χ4v) is 2.40. The first-order valence-electron chi connectivity index (χ1n) is 8.37. The average molecular weight is 328 g/mol. The number of nitrogens with zero attached hydrogens (tertiary/aromatic N) is 3. The van der Waals surface area contributed by atoms with Crippen molar-refractivity contribution < 1.29 is 14.3 Å². The van der Waals surface area contributed by atoms with Crippen LogP contribution >= 0.6 is 0 Å². The van der Waals surface area contributed by atoms with Gasteiger partial charge in [-0.15, -0.1) is 0 Å². The third-order valence-corrected chi connectivity index (χ3v) is 3.72. The summed E-state index contributed by atoms with van der Waals surface area (Å²) in [5.74, 6) is 0.101. The molecule has 0 aromatic heterocycles. The molecule has 0 atom stereocenters. The quantitative estimate of drug-likeness (QED) is 0.805. The molecule has 0 saturated carbocycles. The maximum atomic E-state index is 12.2. The normalized spacial score (nSPS) is 16.8. The van der Waals surface area contributed by atoms with Crippen molar-refractivity contribution in [3.8, 4) is 0 Å². The highest BCUT2D eigenvalue weighted by atomic mass is 16.6. The van der Waals surface area contributed by atoms with Crippen LogP contribution < -0.4 is 5.73 Å². The van der Waals surface area contributed by atoms with Crippen LogP contribution in [0.4, 0.5) is 4.79 Å². The minimum Gasteiger partial charge on any atom is -0.444 e. The van der Waals surface area contributed by atoms with E-state index in [0.29, 0.717) is 39.3 Å². The summed E-state index contributed by atoms with van der Waals surface area (Å²) in [6.45, 7) is 10.0. The number of carbonyl (C=O) groups excluding carboxylic acids is 2. The molecule has 2 N–H and O–H groups in total. The van der Waals surface area contributed by atoms with Gasteiger partial charge in [-0.05, 0) is 40.2 Å². The van der Waals surface area contributed by atoms with Crippen LogP contribution in [-0.2, 0) is 9.53 Å². The first kappa shape index (κ1) is 19.7. The average Bonchev–Trinajstić information content (AvgIpc) is 2.68. The zero-order chi connectivity index (χ0) is 17.5. The number of amides is 2. The molecule has 0 aromatic rings. The molecule has 0 spiro atoms. The van der Waals surface area contributed by atoms with E-state index in [1.165, 1.54) is 0 Å². The molecule has 1 aliphatic rings. The van der Waals surface area contributed by atoms with Crippen molar-refractivity contribution in [2.45, 2.75) is 39.2 Å². The van der Waals surface area contributed by atoms with Crippen molar-refractivity contribution in [1.82, 2.24) is 14.7 Å². The number of hydrogen-bond donors (Lipinski definition) is 1. The molecular formula is C16H32N4O3. The molecule has 0 aromatic carbocycles. The lowest BCUT2D eigenvalue weighted by molar-refractivity contribution is -0.131. The van der Waals surface area contributed by atoms with Crippen molar-refractivity contribution in [3.63, 3.8) is 0 Å². The van der Waals surface area contributed by atoms with Crippen LogP contribution in [0.3, 0.4) is 0 Å². The standard InChI is InChI=1S/C16H32N4O3/c1-16(2,3)23-15(22)20-10-6-9-19(11-12-20)13-14(21)18(4)8-5-7-17/h5-13,17H2,1-4H3. The highest BCUT2D eigenvalue weighted by Gasteiger charge is 2.25. The molecule has 23 heavy (non-hydrogen) atoms. The topological polar surface area (TPSA) is 79.1 Å². The van der Waals surface area contributed by atoms with E-state index >= 15 is 0 Å². The van der Waals surface area contributed by atoms with E-state index in [1.54, 1.807) is 9.80 Å². The Hall–Kier alpha value is -1.34. The van der Waals surface area contributed by atoms with Crippen molar-refractivity contribution in [3.05, 3.63) is 0 Å². The second kappa shape index (κ2) is 9.08. The molecule has 0 aliphatic carbocycles. The molecule has 0 unspecified atom stereocenters. The molecule has 2 amide bonds. The van der Waals surface area contributed by atoms with Crippen LogP contribution in [0.25, 0.3) is 0 Å². The molecule has 0 bridgehead atoms. The van der Waals surface area contributed by atoms with Crippen LogP contribution in [0.15, 0.2) is 0 Å². The van der Waals surface area contributed by atoms with Gasteiger partial charge >= 0.3 is 6.09 Å². The number of hydrogen-bond acceptors (Lipinski definition) is 5. The second-order valence-corrected chi connectivity index (χ2v) is 7.05. The smallest absolute Gasteiger partial charge is 0.410 e. The zero-order valence-electron chi connectivity index (χ0n) is 15.0. The predicted octanol–water partition coefficient (Wildman–Crippen LogP) is 0.736. The Balaban J connectivity index is 2.43. The zero-order valence-corrected chi connectivity index (χ0v) is 15.0. The Morgan fingerprint density at radius 3 is 2.48 bits per heavy atom. The Bertz CT molecular complexity index is 395. The number of rotatable bonds is 5. The maximum absolute atomic E-state index is 12.2. The molecular weight excluding hydrogens is 296 g/mol. The Morgan fingerprint density at radius 1 is 1.17 bits per heavy atom. The SMILES string of the molecule is CN(CCCN)C(=O)CN1CCCN(C(=O)OC(C)(C)C)CC1. The maximum Gasteiger partial charge on any atom is 0.410 e. The summed E-state index contributed by atoms with van der Waals surface area (Å²) in [4.78, 5) is 29.8. The predicted molar refractivity (Wildman–Crippen MR) is 90.2 cm³/mol. The largest absolute Gasteiger partial charge is 0.444 e. The number of likely N-dealkylation sites (N-methyl/N-ethyl adjacent to an activating group) is 1.